The molecule has 0 bridgehead atoms. The number of anilines is 1. The number of phenolic OH excluding ortho intramolecular Hbond substituents is 1. The molecule has 3 rings (SSSR count). The molecular weight excluding hydrogens is 332 g/mol. The molecule has 0 radical (unpaired) electrons. The number of nitrogens with one attached hydrogen (secondary N) is 1. The lowest BCUT2D eigenvalue weighted by Gasteiger charge is -2.36. The van der Waals surface area contributed by atoms with Crippen LogP contribution in [0.4, 0.5) is 5.95 Å². The smallest absolute Gasteiger partial charge is 0.225 e. The lowest BCUT2D eigenvalue weighted by Crippen LogP contribution is -2.52. The van der Waals surface area contributed by atoms with Crippen LogP contribution in [0.5, 0.6) is 11.5 Å². The predicted molar refractivity (Wildman–Crippen MR) is 101 cm³/mol. The summed E-state index contributed by atoms with van der Waals surface area (Å²) in [6.07, 6.45) is 3.52. The first-order valence-corrected chi connectivity index (χ1v) is 8.54. The van der Waals surface area contributed by atoms with E-state index in [1.54, 1.807) is 38.7 Å². The molecule has 2 heterocycles. The van der Waals surface area contributed by atoms with E-state index >= 15 is 0 Å². The highest BCUT2D eigenvalue weighted by atomic mass is 16.5. The Balaban J connectivity index is 1.57. The number of hydrogen-bond acceptors (Lipinski definition) is 6. The van der Waals surface area contributed by atoms with Crippen molar-refractivity contribution in [3.63, 3.8) is 0 Å². The maximum atomic E-state index is 10.0. The van der Waals surface area contributed by atoms with Gasteiger partial charge in [0.1, 0.15) is 11.5 Å². The van der Waals surface area contributed by atoms with Crippen LogP contribution in [0.2, 0.25) is 0 Å². The van der Waals surface area contributed by atoms with Crippen molar-refractivity contribution in [2.75, 3.05) is 45.2 Å². The normalized spacial score (nSPS) is 15.1. The van der Waals surface area contributed by atoms with E-state index in [4.69, 9.17) is 4.74 Å². The molecule has 1 fully saturated rings. The zero-order valence-electron chi connectivity index (χ0n) is 15.1. The number of aliphatic imine (C=N–C) groups is 1. The van der Waals surface area contributed by atoms with Gasteiger partial charge in [0, 0.05) is 57.7 Å². The first kappa shape index (κ1) is 17.8. The van der Waals surface area contributed by atoms with Gasteiger partial charge in [0.05, 0.1) is 7.11 Å². The number of piperazine rings is 1. The standard InChI is InChI=1S/C18H24N6O2/c1-19-17(22-13-14-12-15(26-2)4-5-16(14)25)23-8-10-24(11-9-23)18-20-6-3-7-21-18/h3-7,12,25H,8-11,13H2,1-2H3,(H,19,22). The molecular formula is C18H24N6O2. The molecule has 1 aliphatic rings. The van der Waals surface area contributed by atoms with Crippen molar-refractivity contribution >= 4 is 11.9 Å². The summed E-state index contributed by atoms with van der Waals surface area (Å²) in [6, 6.07) is 7.01. The quantitative estimate of drug-likeness (QED) is 0.626. The van der Waals surface area contributed by atoms with E-state index in [0.29, 0.717) is 12.3 Å². The van der Waals surface area contributed by atoms with Crippen molar-refractivity contribution in [2.24, 2.45) is 4.99 Å². The summed E-state index contributed by atoms with van der Waals surface area (Å²) >= 11 is 0. The minimum atomic E-state index is 0.236. The summed E-state index contributed by atoms with van der Waals surface area (Å²) in [5.74, 6) is 2.52. The van der Waals surface area contributed by atoms with Crippen LogP contribution >= 0.6 is 0 Å². The summed E-state index contributed by atoms with van der Waals surface area (Å²) in [5.41, 5.74) is 0.766. The number of aromatic hydroxyl groups is 1. The van der Waals surface area contributed by atoms with Gasteiger partial charge in [-0.25, -0.2) is 9.97 Å². The molecule has 0 unspecified atom stereocenters. The largest absolute Gasteiger partial charge is 0.508 e. The number of rotatable bonds is 4. The number of methoxy groups -OCH3 is 1. The minimum Gasteiger partial charge on any atom is -0.508 e. The van der Waals surface area contributed by atoms with Crippen LogP contribution in [-0.4, -0.2) is 66.3 Å². The van der Waals surface area contributed by atoms with Gasteiger partial charge in [0.15, 0.2) is 5.96 Å². The summed E-state index contributed by atoms with van der Waals surface area (Å²) in [4.78, 5) is 17.3. The fourth-order valence-corrected chi connectivity index (χ4v) is 2.91. The number of ether oxygens (including phenoxy) is 1. The second-order valence-corrected chi connectivity index (χ2v) is 5.92. The summed E-state index contributed by atoms with van der Waals surface area (Å²) in [7, 11) is 3.37. The van der Waals surface area contributed by atoms with E-state index in [1.165, 1.54) is 0 Å². The van der Waals surface area contributed by atoms with Crippen molar-refractivity contribution in [3.8, 4) is 11.5 Å². The third kappa shape index (κ3) is 4.14. The summed E-state index contributed by atoms with van der Waals surface area (Å²) < 4.78 is 5.22. The van der Waals surface area contributed by atoms with Crippen LogP contribution in [0, 0.1) is 0 Å². The average molecular weight is 356 g/mol. The predicted octanol–water partition coefficient (Wildman–Crippen LogP) is 1.09. The first-order chi connectivity index (χ1) is 12.7. The average Bonchev–Trinajstić information content (AvgIpc) is 2.71. The van der Waals surface area contributed by atoms with E-state index in [0.717, 1.165) is 43.7 Å². The molecule has 0 aliphatic carbocycles. The fraction of sp³-hybridized carbons (Fsp3) is 0.389. The molecule has 8 heteroatoms. The number of aromatic nitrogens is 2. The molecule has 1 aromatic carbocycles. The second kappa shape index (κ2) is 8.37. The Morgan fingerprint density at radius 1 is 1.23 bits per heavy atom. The molecule has 1 aromatic heterocycles. The van der Waals surface area contributed by atoms with Gasteiger partial charge in [-0.3, -0.25) is 4.99 Å². The maximum absolute atomic E-state index is 10.0. The topological polar surface area (TPSA) is 86.1 Å². The van der Waals surface area contributed by atoms with Gasteiger partial charge in [0.2, 0.25) is 5.95 Å². The highest BCUT2D eigenvalue weighted by Crippen LogP contribution is 2.22. The van der Waals surface area contributed by atoms with Gasteiger partial charge in [-0.15, -0.1) is 0 Å². The molecule has 26 heavy (non-hydrogen) atoms. The molecule has 2 N–H and O–H groups in total. The van der Waals surface area contributed by atoms with Gasteiger partial charge in [-0.1, -0.05) is 0 Å². The van der Waals surface area contributed by atoms with Gasteiger partial charge < -0.3 is 25.0 Å². The van der Waals surface area contributed by atoms with E-state index in [1.807, 2.05) is 12.1 Å². The third-order valence-corrected chi connectivity index (χ3v) is 4.35. The van der Waals surface area contributed by atoms with Crippen LogP contribution < -0.4 is 15.0 Å². The molecule has 1 aliphatic heterocycles. The van der Waals surface area contributed by atoms with Crippen LogP contribution in [0.3, 0.4) is 0 Å². The Kier molecular flexibility index (Phi) is 5.73. The highest BCUT2D eigenvalue weighted by molar-refractivity contribution is 5.80. The van der Waals surface area contributed by atoms with Gasteiger partial charge in [0.25, 0.3) is 0 Å². The van der Waals surface area contributed by atoms with E-state index in [2.05, 4.69) is 30.1 Å². The lowest BCUT2D eigenvalue weighted by atomic mass is 10.2. The Morgan fingerprint density at radius 2 is 1.96 bits per heavy atom. The minimum absolute atomic E-state index is 0.236. The molecule has 0 saturated carbocycles. The van der Waals surface area contributed by atoms with Crippen molar-refractivity contribution in [1.29, 1.82) is 0 Å². The van der Waals surface area contributed by atoms with Crippen molar-refractivity contribution in [2.45, 2.75) is 6.54 Å². The number of phenols is 1. The zero-order valence-corrected chi connectivity index (χ0v) is 15.1. The monoisotopic (exact) mass is 356 g/mol. The van der Waals surface area contributed by atoms with Crippen LogP contribution in [-0.2, 0) is 6.54 Å². The van der Waals surface area contributed by atoms with Crippen molar-refractivity contribution in [1.82, 2.24) is 20.2 Å². The Morgan fingerprint density at radius 3 is 2.62 bits per heavy atom. The molecule has 2 aromatic rings. The Bertz CT molecular complexity index is 745. The highest BCUT2D eigenvalue weighted by Gasteiger charge is 2.21. The number of guanidine groups is 1. The Hall–Kier alpha value is -3.03. The fourth-order valence-electron chi connectivity index (χ4n) is 2.91. The van der Waals surface area contributed by atoms with Crippen molar-refractivity contribution in [3.05, 3.63) is 42.2 Å². The second-order valence-electron chi connectivity index (χ2n) is 5.92. The van der Waals surface area contributed by atoms with Gasteiger partial charge in [-0.2, -0.15) is 0 Å². The van der Waals surface area contributed by atoms with Gasteiger partial charge in [-0.05, 0) is 24.3 Å². The maximum Gasteiger partial charge on any atom is 0.225 e. The zero-order chi connectivity index (χ0) is 18.4. The van der Waals surface area contributed by atoms with Crippen LogP contribution in [0.25, 0.3) is 0 Å². The first-order valence-electron chi connectivity index (χ1n) is 8.54. The van der Waals surface area contributed by atoms with Crippen LogP contribution in [0.1, 0.15) is 5.56 Å². The molecule has 8 nitrogen and oxygen atoms in total. The molecule has 0 atom stereocenters. The van der Waals surface area contributed by atoms with E-state index in [9.17, 15) is 5.11 Å². The van der Waals surface area contributed by atoms with Crippen molar-refractivity contribution < 1.29 is 9.84 Å². The van der Waals surface area contributed by atoms with E-state index < -0.39 is 0 Å². The SMILES string of the molecule is CN=C(NCc1cc(OC)ccc1O)N1CCN(c2ncccn2)CC1. The molecule has 0 spiro atoms. The van der Waals surface area contributed by atoms with Crippen LogP contribution in [0.15, 0.2) is 41.7 Å². The molecule has 0 amide bonds. The number of benzene rings is 1. The molecule has 1 saturated heterocycles. The summed E-state index contributed by atoms with van der Waals surface area (Å²) in [6.45, 7) is 3.77. The van der Waals surface area contributed by atoms with E-state index in [-0.39, 0.29) is 5.75 Å². The molecule has 138 valence electrons. The van der Waals surface area contributed by atoms with Gasteiger partial charge >= 0.3 is 0 Å². The number of nitrogens with zero attached hydrogens (tertiary/aromatic N) is 5. The summed E-state index contributed by atoms with van der Waals surface area (Å²) in [5, 5.41) is 13.3. The lowest BCUT2D eigenvalue weighted by molar-refractivity contribution is 0.369. The third-order valence-electron chi connectivity index (χ3n) is 4.35. The Labute approximate surface area is 153 Å². The number of hydrogen-bond donors (Lipinski definition) is 2.